The van der Waals surface area contributed by atoms with Crippen LogP contribution in [0, 0.1) is 13.8 Å². The molecule has 9 heteroatoms. The molecular weight excluding hydrogens is 368 g/mol. The van der Waals surface area contributed by atoms with E-state index < -0.39 is 0 Å². The highest BCUT2D eigenvalue weighted by Gasteiger charge is 2.18. The van der Waals surface area contributed by atoms with Crippen molar-refractivity contribution in [2.75, 3.05) is 12.9 Å². The number of Topliss-reactive ketones (excluding diaryl/α,β-unsaturated/α-hetero) is 1. The minimum atomic E-state index is -0.283. The second-order valence-corrected chi connectivity index (χ2v) is 7.23. The molecule has 2 aromatic heterocycles. The molecule has 27 heavy (non-hydrogen) atoms. The summed E-state index contributed by atoms with van der Waals surface area (Å²) in [7, 11) is 1.36. The molecule has 0 aliphatic carbocycles. The number of aryl methyl sites for hydroxylation is 1. The van der Waals surface area contributed by atoms with Crippen molar-refractivity contribution >= 4 is 23.5 Å². The van der Waals surface area contributed by atoms with Crippen LogP contribution in [0.4, 0.5) is 0 Å². The molecule has 8 nitrogen and oxygen atoms in total. The first-order chi connectivity index (χ1) is 12.9. The van der Waals surface area contributed by atoms with Crippen LogP contribution in [-0.2, 0) is 22.6 Å². The minimum absolute atomic E-state index is 0.0325. The lowest BCUT2D eigenvalue weighted by molar-refractivity contribution is -0.140. The fourth-order valence-corrected chi connectivity index (χ4v) is 3.72. The molecule has 0 radical (unpaired) electrons. The first kappa shape index (κ1) is 21.0. The van der Waals surface area contributed by atoms with Crippen LogP contribution in [0.25, 0.3) is 0 Å². The molecule has 0 saturated heterocycles. The van der Waals surface area contributed by atoms with E-state index in [1.807, 2.05) is 24.5 Å². The van der Waals surface area contributed by atoms with Gasteiger partial charge in [0.05, 0.1) is 19.3 Å². The summed E-state index contributed by atoms with van der Waals surface area (Å²) in [6.07, 6.45) is 2.10. The van der Waals surface area contributed by atoms with Gasteiger partial charge < -0.3 is 9.30 Å². The number of rotatable bonds is 10. The maximum absolute atomic E-state index is 12.7. The third-order valence-corrected chi connectivity index (χ3v) is 5.41. The molecule has 2 aromatic rings. The Labute approximate surface area is 162 Å². The molecule has 0 spiro atoms. The molecule has 2 heterocycles. The van der Waals surface area contributed by atoms with Crippen molar-refractivity contribution in [3.05, 3.63) is 33.5 Å². The fraction of sp³-hybridized carbons (Fsp3) is 0.556. The zero-order valence-corrected chi connectivity index (χ0v) is 17.0. The Morgan fingerprint density at radius 1 is 1.26 bits per heavy atom. The molecule has 1 N–H and O–H groups in total. The second-order valence-electron chi connectivity index (χ2n) is 6.29. The highest BCUT2D eigenvalue weighted by molar-refractivity contribution is 7.99. The van der Waals surface area contributed by atoms with Gasteiger partial charge in [-0.05, 0) is 26.3 Å². The molecule has 0 fully saturated rings. The van der Waals surface area contributed by atoms with Gasteiger partial charge in [-0.1, -0.05) is 25.1 Å². The summed E-state index contributed by atoms with van der Waals surface area (Å²) in [5.74, 6) is -0.123. The number of carbonyl (C=O) groups excluding carboxylic acids is 2. The normalized spacial score (nSPS) is 11.0. The van der Waals surface area contributed by atoms with E-state index in [0.29, 0.717) is 23.8 Å². The number of ketones is 1. The van der Waals surface area contributed by atoms with Crippen LogP contribution in [0.2, 0.25) is 0 Å². The van der Waals surface area contributed by atoms with Crippen molar-refractivity contribution in [1.82, 2.24) is 19.3 Å². The van der Waals surface area contributed by atoms with Crippen LogP contribution in [0.15, 0.2) is 16.0 Å². The number of nitrogens with zero attached hydrogens (tertiary/aromatic N) is 3. The van der Waals surface area contributed by atoms with E-state index in [1.165, 1.54) is 18.9 Å². The average Bonchev–Trinajstić information content (AvgIpc) is 3.15. The number of unbranched alkanes of at least 4 members (excludes halogenated alkanes) is 1. The van der Waals surface area contributed by atoms with Gasteiger partial charge in [0.15, 0.2) is 10.9 Å². The number of methoxy groups -OCH3 is 1. The summed E-state index contributed by atoms with van der Waals surface area (Å²) in [6.45, 7) is 6.89. The predicted octanol–water partition coefficient (Wildman–Crippen LogP) is 2.33. The number of thioether (sulfide) groups is 1. The quantitative estimate of drug-likeness (QED) is 0.377. The highest BCUT2D eigenvalue weighted by atomic mass is 32.2. The smallest absolute Gasteiger partial charge is 0.343 e. The third kappa shape index (κ3) is 5.12. The van der Waals surface area contributed by atoms with E-state index in [1.54, 1.807) is 4.57 Å². The molecule has 148 valence electrons. The summed E-state index contributed by atoms with van der Waals surface area (Å²) < 4.78 is 8.19. The summed E-state index contributed by atoms with van der Waals surface area (Å²) >= 11 is 1.25. The molecular formula is C18H26N4O4S. The molecule has 0 unspecified atom stereocenters. The monoisotopic (exact) mass is 394 g/mol. The Bertz CT molecular complexity index is 865. The number of H-pyrrole nitrogens is 1. The summed E-state index contributed by atoms with van der Waals surface area (Å²) in [5.41, 5.74) is 2.12. The molecule has 0 atom stereocenters. The summed E-state index contributed by atoms with van der Waals surface area (Å²) in [6, 6.07) is 1.84. The van der Waals surface area contributed by atoms with Crippen LogP contribution in [0.1, 0.15) is 47.9 Å². The number of ether oxygens (including phenoxy) is 1. The zero-order valence-electron chi connectivity index (χ0n) is 16.2. The fourth-order valence-electron chi connectivity index (χ4n) is 2.87. The largest absolute Gasteiger partial charge is 0.469 e. The third-order valence-electron chi connectivity index (χ3n) is 4.43. The molecule has 2 rings (SSSR count). The standard InChI is InChI=1S/C18H26N4O4S/c1-5-6-8-22-17(25)19-20-18(22)27-11-15(23)14-10-12(2)21(13(14)3)9-7-16(24)26-4/h10H,5-9,11H2,1-4H3,(H,19,25). The molecule has 0 amide bonds. The van der Waals surface area contributed by atoms with E-state index in [4.69, 9.17) is 0 Å². The number of hydrogen-bond donors (Lipinski definition) is 1. The van der Waals surface area contributed by atoms with E-state index >= 15 is 0 Å². The molecule has 0 bridgehead atoms. The van der Waals surface area contributed by atoms with Crippen LogP contribution >= 0.6 is 11.8 Å². The van der Waals surface area contributed by atoms with Gasteiger partial charge >= 0.3 is 11.7 Å². The van der Waals surface area contributed by atoms with E-state index in [9.17, 15) is 14.4 Å². The molecule has 0 aromatic carbocycles. The molecule has 0 aliphatic heterocycles. The maximum Gasteiger partial charge on any atom is 0.343 e. The van der Waals surface area contributed by atoms with Gasteiger partial charge in [0.25, 0.3) is 0 Å². The van der Waals surface area contributed by atoms with E-state index in [0.717, 1.165) is 24.2 Å². The summed E-state index contributed by atoms with van der Waals surface area (Å²) in [5, 5.41) is 6.99. The van der Waals surface area contributed by atoms with Crippen LogP contribution in [0.5, 0.6) is 0 Å². The Hall–Kier alpha value is -2.29. The van der Waals surface area contributed by atoms with Crippen molar-refractivity contribution in [1.29, 1.82) is 0 Å². The lowest BCUT2D eigenvalue weighted by atomic mass is 10.2. The van der Waals surface area contributed by atoms with Crippen molar-refractivity contribution in [3.8, 4) is 0 Å². The first-order valence-corrected chi connectivity index (χ1v) is 9.92. The maximum atomic E-state index is 12.7. The molecule has 0 aliphatic rings. The predicted molar refractivity (Wildman–Crippen MR) is 103 cm³/mol. The number of hydrogen-bond acceptors (Lipinski definition) is 6. The van der Waals surface area contributed by atoms with Crippen LogP contribution in [0.3, 0.4) is 0 Å². The average molecular weight is 394 g/mol. The highest BCUT2D eigenvalue weighted by Crippen LogP contribution is 2.21. The van der Waals surface area contributed by atoms with Gasteiger partial charge in [0.1, 0.15) is 0 Å². The Balaban J connectivity index is 2.07. The lowest BCUT2D eigenvalue weighted by Crippen LogP contribution is -2.18. The minimum Gasteiger partial charge on any atom is -0.469 e. The zero-order chi connectivity index (χ0) is 20.0. The SMILES string of the molecule is CCCCn1c(SCC(=O)c2cc(C)n(CCC(=O)OC)c2C)n[nH]c1=O. The van der Waals surface area contributed by atoms with Gasteiger partial charge in [0, 0.05) is 30.0 Å². The lowest BCUT2D eigenvalue weighted by Gasteiger charge is -2.09. The summed E-state index contributed by atoms with van der Waals surface area (Å²) in [4.78, 5) is 35.9. The Morgan fingerprint density at radius 2 is 2.00 bits per heavy atom. The van der Waals surface area contributed by atoms with Crippen molar-refractivity contribution in [2.24, 2.45) is 0 Å². The Kier molecular flexibility index (Phi) is 7.46. The van der Waals surface area contributed by atoms with Crippen molar-refractivity contribution < 1.29 is 14.3 Å². The number of carbonyl (C=O) groups is 2. The topological polar surface area (TPSA) is 99.0 Å². The molecule has 0 saturated carbocycles. The van der Waals surface area contributed by atoms with Gasteiger partial charge in [-0.15, -0.1) is 5.10 Å². The van der Waals surface area contributed by atoms with Gasteiger partial charge in [-0.2, -0.15) is 0 Å². The van der Waals surface area contributed by atoms with Gasteiger partial charge in [0.2, 0.25) is 0 Å². The first-order valence-electron chi connectivity index (χ1n) is 8.93. The number of aromatic amines is 1. The van der Waals surface area contributed by atoms with Crippen molar-refractivity contribution in [2.45, 2.75) is 58.3 Å². The van der Waals surface area contributed by atoms with E-state index in [2.05, 4.69) is 21.9 Å². The number of aromatic nitrogens is 4. The van der Waals surface area contributed by atoms with Crippen LogP contribution < -0.4 is 5.69 Å². The Morgan fingerprint density at radius 3 is 2.67 bits per heavy atom. The van der Waals surface area contributed by atoms with Crippen LogP contribution in [-0.4, -0.2) is 43.9 Å². The van der Waals surface area contributed by atoms with E-state index in [-0.39, 0.29) is 29.6 Å². The van der Waals surface area contributed by atoms with Gasteiger partial charge in [-0.3, -0.25) is 14.2 Å². The van der Waals surface area contributed by atoms with Crippen molar-refractivity contribution in [3.63, 3.8) is 0 Å². The number of nitrogens with one attached hydrogen (secondary N) is 1. The van der Waals surface area contributed by atoms with Gasteiger partial charge in [-0.25, -0.2) is 9.89 Å². The number of esters is 1. The second kappa shape index (κ2) is 9.59.